The molecular formula is C21H22ClN5O2. The Labute approximate surface area is 173 Å². The highest BCUT2D eigenvalue weighted by molar-refractivity contribution is 6.30. The number of halogens is 1. The number of carbonyl (C=O) groups is 1. The molecule has 1 aliphatic rings. The van der Waals surface area contributed by atoms with Gasteiger partial charge < -0.3 is 9.80 Å². The van der Waals surface area contributed by atoms with Gasteiger partial charge in [0.1, 0.15) is 5.52 Å². The van der Waals surface area contributed by atoms with E-state index >= 15 is 0 Å². The van der Waals surface area contributed by atoms with Gasteiger partial charge >= 0.3 is 0 Å². The molecule has 0 N–H and O–H groups in total. The molecule has 0 aliphatic carbocycles. The van der Waals surface area contributed by atoms with Crippen LogP contribution >= 0.6 is 11.6 Å². The normalized spacial score (nSPS) is 14.4. The Balaban J connectivity index is 1.28. The van der Waals surface area contributed by atoms with Crippen molar-refractivity contribution in [2.75, 3.05) is 31.1 Å². The number of aryl methyl sites for hydroxylation is 1. The maximum absolute atomic E-state index is 12.5. The van der Waals surface area contributed by atoms with Crippen molar-refractivity contribution in [1.82, 2.24) is 19.9 Å². The number of hydrogen-bond acceptors (Lipinski definition) is 5. The number of piperazine rings is 1. The Morgan fingerprint density at radius 3 is 2.48 bits per heavy atom. The number of hydrogen-bond donors (Lipinski definition) is 0. The molecule has 1 aliphatic heterocycles. The molecule has 0 unspecified atom stereocenters. The van der Waals surface area contributed by atoms with Crippen LogP contribution in [-0.2, 0) is 11.3 Å². The number of nitrogens with zero attached hydrogens (tertiary/aromatic N) is 5. The van der Waals surface area contributed by atoms with Gasteiger partial charge in [-0.05, 0) is 42.8 Å². The number of benzene rings is 2. The van der Waals surface area contributed by atoms with Crippen LogP contribution in [-0.4, -0.2) is 52.0 Å². The first-order valence-electron chi connectivity index (χ1n) is 9.73. The minimum Gasteiger partial charge on any atom is -0.368 e. The summed E-state index contributed by atoms with van der Waals surface area (Å²) in [5, 5.41) is 9.32. The zero-order valence-electron chi connectivity index (χ0n) is 16.0. The molecule has 0 spiro atoms. The van der Waals surface area contributed by atoms with Gasteiger partial charge in [0, 0.05) is 49.9 Å². The van der Waals surface area contributed by atoms with Gasteiger partial charge in [-0.15, -0.1) is 5.10 Å². The van der Waals surface area contributed by atoms with E-state index < -0.39 is 0 Å². The van der Waals surface area contributed by atoms with Gasteiger partial charge in [-0.2, -0.15) is 0 Å². The summed E-state index contributed by atoms with van der Waals surface area (Å²) in [6.07, 6.45) is 0.949. The summed E-state index contributed by atoms with van der Waals surface area (Å²) in [6.45, 7) is 3.35. The van der Waals surface area contributed by atoms with Gasteiger partial charge in [-0.25, -0.2) is 4.68 Å². The van der Waals surface area contributed by atoms with Gasteiger partial charge in [0.15, 0.2) is 0 Å². The van der Waals surface area contributed by atoms with E-state index in [1.165, 1.54) is 4.68 Å². The molecule has 0 bridgehead atoms. The highest BCUT2D eigenvalue weighted by atomic mass is 35.5. The monoisotopic (exact) mass is 411 g/mol. The largest absolute Gasteiger partial charge is 0.368 e. The van der Waals surface area contributed by atoms with Crippen LogP contribution < -0.4 is 10.5 Å². The summed E-state index contributed by atoms with van der Waals surface area (Å²) >= 11 is 5.95. The van der Waals surface area contributed by atoms with E-state index in [0.29, 0.717) is 43.4 Å². The second-order valence-electron chi connectivity index (χ2n) is 7.08. The third-order valence-corrected chi connectivity index (χ3v) is 5.47. The summed E-state index contributed by atoms with van der Waals surface area (Å²) in [6, 6.07) is 14.9. The van der Waals surface area contributed by atoms with Crippen LogP contribution in [0.25, 0.3) is 10.9 Å². The van der Waals surface area contributed by atoms with Crippen LogP contribution in [0.4, 0.5) is 5.69 Å². The Bertz CT molecular complexity index is 1060. The molecule has 1 aromatic heterocycles. The molecular weight excluding hydrogens is 390 g/mol. The summed E-state index contributed by atoms with van der Waals surface area (Å²) < 4.78 is 1.34. The van der Waals surface area contributed by atoms with E-state index in [1.54, 1.807) is 12.1 Å². The van der Waals surface area contributed by atoms with Crippen molar-refractivity contribution < 1.29 is 4.79 Å². The maximum Gasteiger partial charge on any atom is 0.277 e. The van der Waals surface area contributed by atoms with Crippen molar-refractivity contribution in [2.24, 2.45) is 0 Å². The minimum atomic E-state index is -0.167. The van der Waals surface area contributed by atoms with Gasteiger partial charge in [0.2, 0.25) is 5.91 Å². The van der Waals surface area contributed by atoms with Gasteiger partial charge in [0.25, 0.3) is 5.56 Å². The molecule has 4 rings (SSSR count). The number of fused-ring (bicyclic) bond motifs is 1. The van der Waals surface area contributed by atoms with Crippen LogP contribution in [0.3, 0.4) is 0 Å². The fourth-order valence-electron chi connectivity index (χ4n) is 3.57. The molecule has 2 aromatic carbocycles. The third-order valence-electron chi connectivity index (χ3n) is 5.21. The van der Waals surface area contributed by atoms with E-state index in [-0.39, 0.29) is 11.5 Å². The van der Waals surface area contributed by atoms with Crippen LogP contribution in [0.15, 0.2) is 53.3 Å². The fourth-order valence-corrected chi connectivity index (χ4v) is 3.70. The lowest BCUT2D eigenvalue weighted by atomic mass is 10.2. The highest BCUT2D eigenvalue weighted by Crippen LogP contribution is 2.19. The SMILES string of the molecule is O=C(CCCn1nnc2ccccc2c1=O)N1CCN(c2ccc(Cl)cc2)CC1. The molecule has 8 heteroatoms. The zero-order chi connectivity index (χ0) is 20.2. The standard InChI is InChI=1S/C21H22ClN5O2/c22-16-7-9-17(10-8-16)25-12-14-26(15-13-25)20(28)6-3-11-27-21(29)18-4-1-2-5-19(18)23-24-27/h1-2,4-5,7-10H,3,6,11-15H2. The van der Waals surface area contributed by atoms with E-state index in [9.17, 15) is 9.59 Å². The summed E-state index contributed by atoms with van der Waals surface area (Å²) in [4.78, 5) is 29.1. The van der Waals surface area contributed by atoms with Gasteiger partial charge in [-0.1, -0.05) is 28.9 Å². The fraction of sp³-hybridized carbons (Fsp3) is 0.333. The molecule has 1 fully saturated rings. The number of rotatable bonds is 5. The highest BCUT2D eigenvalue weighted by Gasteiger charge is 2.21. The molecule has 0 saturated carbocycles. The number of amides is 1. The molecule has 0 radical (unpaired) electrons. The quantitative estimate of drug-likeness (QED) is 0.645. The third kappa shape index (κ3) is 4.40. The molecule has 29 heavy (non-hydrogen) atoms. The van der Waals surface area contributed by atoms with Crippen molar-refractivity contribution in [1.29, 1.82) is 0 Å². The van der Waals surface area contributed by atoms with E-state index in [4.69, 9.17) is 11.6 Å². The molecule has 150 valence electrons. The van der Waals surface area contributed by atoms with E-state index in [1.807, 2.05) is 41.3 Å². The first-order chi connectivity index (χ1) is 14.1. The van der Waals surface area contributed by atoms with Crippen LogP contribution in [0.5, 0.6) is 0 Å². The molecule has 3 aromatic rings. The van der Waals surface area contributed by atoms with Crippen LogP contribution in [0.1, 0.15) is 12.8 Å². The predicted octanol–water partition coefficient (Wildman–Crippen LogP) is 2.57. The van der Waals surface area contributed by atoms with Crippen molar-refractivity contribution in [3.63, 3.8) is 0 Å². The minimum absolute atomic E-state index is 0.113. The van der Waals surface area contributed by atoms with Crippen LogP contribution in [0.2, 0.25) is 5.02 Å². The first kappa shape index (κ1) is 19.4. The second kappa shape index (κ2) is 8.61. The molecule has 1 saturated heterocycles. The van der Waals surface area contributed by atoms with Crippen molar-refractivity contribution in [3.05, 3.63) is 63.9 Å². The Kier molecular flexibility index (Phi) is 5.76. The molecule has 0 atom stereocenters. The lowest BCUT2D eigenvalue weighted by Crippen LogP contribution is -2.48. The zero-order valence-corrected chi connectivity index (χ0v) is 16.8. The average molecular weight is 412 g/mol. The topological polar surface area (TPSA) is 71.3 Å². The number of carbonyl (C=O) groups excluding carboxylic acids is 1. The Morgan fingerprint density at radius 2 is 1.72 bits per heavy atom. The Morgan fingerprint density at radius 1 is 1.00 bits per heavy atom. The lowest BCUT2D eigenvalue weighted by molar-refractivity contribution is -0.131. The van der Waals surface area contributed by atoms with Crippen molar-refractivity contribution in [3.8, 4) is 0 Å². The number of aromatic nitrogens is 3. The van der Waals surface area contributed by atoms with Crippen LogP contribution in [0, 0.1) is 0 Å². The van der Waals surface area contributed by atoms with E-state index in [0.717, 1.165) is 23.8 Å². The van der Waals surface area contributed by atoms with Gasteiger partial charge in [0.05, 0.1) is 5.39 Å². The predicted molar refractivity (Wildman–Crippen MR) is 113 cm³/mol. The second-order valence-corrected chi connectivity index (χ2v) is 7.52. The molecule has 1 amide bonds. The van der Waals surface area contributed by atoms with Gasteiger partial charge in [-0.3, -0.25) is 9.59 Å². The molecule has 7 nitrogen and oxygen atoms in total. The smallest absolute Gasteiger partial charge is 0.277 e. The summed E-state index contributed by atoms with van der Waals surface area (Å²) in [7, 11) is 0. The summed E-state index contributed by atoms with van der Waals surface area (Å²) in [5.74, 6) is 0.113. The average Bonchev–Trinajstić information content (AvgIpc) is 2.76. The first-order valence-corrected chi connectivity index (χ1v) is 10.1. The lowest BCUT2D eigenvalue weighted by Gasteiger charge is -2.36. The maximum atomic E-state index is 12.5. The Hall–Kier alpha value is -2.93. The summed E-state index contributed by atoms with van der Waals surface area (Å²) in [5.41, 5.74) is 1.54. The number of anilines is 1. The molecule has 2 heterocycles. The van der Waals surface area contributed by atoms with E-state index in [2.05, 4.69) is 15.2 Å². The van der Waals surface area contributed by atoms with Crippen molar-refractivity contribution >= 4 is 34.1 Å². The van der Waals surface area contributed by atoms with Crippen molar-refractivity contribution in [2.45, 2.75) is 19.4 Å².